The molecule has 1 saturated heterocycles. The van der Waals surface area contributed by atoms with Crippen LogP contribution in [0.1, 0.15) is 6.92 Å². The number of amides is 3. The average molecular weight is 260 g/mol. The summed E-state index contributed by atoms with van der Waals surface area (Å²) in [6, 6.07) is 7.87. The molecule has 1 aliphatic rings. The summed E-state index contributed by atoms with van der Waals surface area (Å²) in [6.45, 7) is 1.86. The number of benzene rings is 1. The van der Waals surface area contributed by atoms with Gasteiger partial charge in [-0.1, -0.05) is 18.2 Å². The molecule has 0 saturated carbocycles. The van der Waals surface area contributed by atoms with Gasteiger partial charge in [-0.3, -0.25) is 4.79 Å². The zero-order valence-corrected chi connectivity index (χ0v) is 10.3. The van der Waals surface area contributed by atoms with E-state index in [4.69, 9.17) is 4.74 Å². The zero-order valence-electron chi connectivity index (χ0n) is 10.3. The number of anilines is 1. The lowest BCUT2D eigenvalue weighted by Crippen LogP contribution is -2.30. The molecule has 1 aliphatic heterocycles. The molecule has 0 radical (unpaired) electrons. The van der Waals surface area contributed by atoms with E-state index in [1.54, 1.807) is 37.3 Å². The Balaban J connectivity index is 2.24. The van der Waals surface area contributed by atoms with Gasteiger partial charge in [0, 0.05) is 0 Å². The molecule has 6 nitrogen and oxygen atoms in total. The van der Waals surface area contributed by atoms with Crippen LogP contribution in [0.2, 0.25) is 0 Å². The second-order valence-electron chi connectivity index (χ2n) is 3.72. The minimum absolute atomic E-state index is 0.0905. The largest absolute Gasteiger partial charge is 0.463 e. The molecule has 0 atom stereocenters. The second-order valence-corrected chi connectivity index (χ2v) is 3.72. The highest BCUT2D eigenvalue weighted by molar-refractivity contribution is 6.27. The fourth-order valence-corrected chi connectivity index (χ4v) is 1.65. The van der Waals surface area contributed by atoms with Crippen LogP contribution in [0.4, 0.5) is 10.5 Å². The van der Waals surface area contributed by atoms with Gasteiger partial charge in [0.1, 0.15) is 5.70 Å². The summed E-state index contributed by atoms with van der Waals surface area (Å²) in [6.07, 6.45) is 0.979. The molecule has 98 valence electrons. The summed E-state index contributed by atoms with van der Waals surface area (Å²) in [5.41, 5.74) is 0.351. The van der Waals surface area contributed by atoms with Crippen molar-refractivity contribution in [2.24, 2.45) is 0 Å². The van der Waals surface area contributed by atoms with Crippen LogP contribution in [-0.4, -0.2) is 24.5 Å². The first-order valence-corrected chi connectivity index (χ1v) is 5.72. The van der Waals surface area contributed by atoms with Crippen molar-refractivity contribution in [3.05, 3.63) is 42.1 Å². The normalized spacial score (nSPS) is 16.7. The van der Waals surface area contributed by atoms with Gasteiger partial charge in [0.05, 0.1) is 18.4 Å². The second kappa shape index (κ2) is 5.34. The number of rotatable bonds is 3. The van der Waals surface area contributed by atoms with Crippen LogP contribution in [0.15, 0.2) is 42.1 Å². The van der Waals surface area contributed by atoms with Crippen LogP contribution in [0.3, 0.4) is 0 Å². The standard InChI is InChI=1S/C13H12N2O4/c1-2-19-11(16)8-10-12(17)15(13(18)14-10)9-6-4-3-5-7-9/h3-8H,2H2,1H3,(H,14,18)/b10-8-. The molecule has 1 aromatic rings. The Morgan fingerprint density at radius 3 is 2.63 bits per heavy atom. The van der Waals surface area contributed by atoms with Crippen LogP contribution in [0.25, 0.3) is 0 Å². The molecule has 3 amide bonds. The van der Waals surface area contributed by atoms with Gasteiger partial charge in [-0.05, 0) is 19.1 Å². The van der Waals surface area contributed by atoms with Crippen LogP contribution in [-0.2, 0) is 14.3 Å². The topological polar surface area (TPSA) is 75.7 Å². The lowest BCUT2D eigenvalue weighted by atomic mass is 10.3. The highest BCUT2D eigenvalue weighted by Crippen LogP contribution is 2.20. The summed E-state index contributed by atoms with van der Waals surface area (Å²) in [5.74, 6) is -1.25. The minimum Gasteiger partial charge on any atom is -0.463 e. The van der Waals surface area contributed by atoms with E-state index in [-0.39, 0.29) is 12.3 Å². The average Bonchev–Trinajstić information content (AvgIpc) is 2.66. The SMILES string of the molecule is CCOC(=O)/C=C1\NC(=O)N(c2ccccc2)C1=O. The van der Waals surface area contributed by atoms with E-state index in [0.29, 0.717) is 5.69 Å². The number of carbonyl (C=O) groups excluding carboxylic acids is 3. The molecule has 1 N–H and O–H groups in total. The number of hydrogen-bond acceptors (Lipinski definition) is 4. The van der Waals surface area contributed by atoms with E-state index < -0.39 is 17.9 Å². The monoisotopic (exact) mass is 260 g/mol. The van der Waals surface area contributed by atoms with Gasteiger partial charge in [0.25, 0.3) is 5.91 Å². The van der Waals surface area contributed by atoms with E-state index in [0.717, 1.165) is 11.0 Å². The van der Waals surface area contributed by atoms with E-state index in [9.17, 15) is 14.4 Å². The minimum atomic E-state index is -0.666. The van der Waals surface area contributed by atoms with Crippen LogP contribution < -0.4 is 10.2 Å². The number of ether oxygens (including phenoxy) is 1. The zero-order chi connectivity index (χ0) is 13.8. The number of esters is 1. The Hall–Kier alpha value is -2.63. The van der Waals surface area contributed by atoms with Crippen molar-refractivity contribution in [2.75, 3.05) is 11.5 Å². The van der Waals surface area contributed by atoms with Crippen molar-refractivity contribution in [1.29, 1.82) is 0 Å². The van der Waals surface area contributed by atoms with Gasteiger partial charge in [0.2, 0.25) is 0 Å². The maximum absolute atomic E-state index is 12.0. The Bertz CT molecular complexity index is 551. The highest BCUT2D eigenvalue weighted by Gasteiger charge is 2.35. The molecule has 2 rings (SSSR count). The van der Waals surface area contributed by atoms with Crippen LogP contribution in [0.5, 0.6) is 0 Å². The van der Waals surface area contributed by atoms with Crippen LogP contribution >= 0.6 is 0 Å². The van der Waals surface area contributed by atoms with Gasteiger partial charge in [-0.2, -0.15) is 0 Å². The van der Waals surface area contributed by atoms with Crippen molar-refractivity contribution >= 4 is 23.6 Å². The Labute approximate surface area is 109 Å². The van der Waals surface area contributed by atoms with E-state index in [1.165, 1.54) is 0 Å². The predicted molar refractivity (Wildman–Crippen MR) is 67.2 cm³/mol. The molecule has 6 heteroatoms. The number of urea groups is 1. The number of nitrogens with zero attached hydrogens (tertiary/aromatic N) is 1. The maximum Gasteiger partial charge on any atom is 0.333 e. The Kier molecular flexibility index (Phi) is 3.61. The molecule has 19 heavy (non-hydrogen) atoms. The van der Waals surface area contributed by atoms with Crippen molar-refractivity contribution in [2.45, 2.75) is 6.92 Å². The molecular weight excluding hydrogens is 248 g/mol. The first kappa shape index (κ1) is 12.8. The number of nitrogens with one attached hydrogen (secondary N) is 1. The van der Waals surface area contributed by atoms with Gasteiger partial charge < -0.3 is 10.1 Å². The smallest absolute Gasteiger partial charge is 0.333 e. The highest BCUT2D eigenvalue weighted by atomic mass is 16.5. The van der Waals surface area contributed by atoms with Crippen molar-refractivity contribution in [1.82, 2.24) is 5.32 Å². The molecule has 0 spiro atoms. The van der Waals surface area contributed by atoms with Gasteiger partial charge in [-0.25, -0.2) is 14.5 Å². The molecule has 1 fully saturated rings. The Morgan fingerprint density at radius 1 is 1.32 bits per heavy atom. The van der Waals surface area contributed by atoms with Gasteiger partial charge in [-0.15, -0.1) is 0 Å². The molecular formula is C13H12N2O4. The summed E-state index contributed by atoms with van der Waals surface area (Å²) in [7, 11) is 0. The number of hydrogen-bond donors (Lipinski definition) is 1. The fraction of sp³-hybridized carbons (Fsp3) is 0.154. The maximum atomic E-state index is 12.0. The molecule has 0 unspecified atom stereocenters. The number of carbonyl (C=O) groups is 3. The molecule has 1 heterocycles. The third kappa shape index (κ3) is 2.62. The summed E-state index contributed by atoms with van der Waals surface area (Å²) < 4.78 is 4.69. The number of para-hydroxylation sites is 1. The van der Waals surface area contributed by atoms with Crippen LogP contribution in [0, 0.1) is 0 Å². The number of imide groups is 1. The summed E-state index contributed by atoms with van der Waals surface area (Å²) in [5, 5.41) is 2.34. The Morgan fingerprint density at radius 2 is 2.00 bits per heavy atom. The fourth-order valence-electron chi connectivity index (χ4n) is 1.65. The quantitative estimate of drug-likeness (QED) is 0.503. The first-order valence-electron chi connectivity index (χ1n) is 5.72. The van der Waals surface area contributed by atoms with Crippen molar-refractivity contribution < 1.29 is 19.1 Å². The third-order valence-electron chi connectivity index (χ3n) is 2.44. The van der Waals surface area contributed by atoms with E-state index in [1.807, 2.05) is 0 Å². The molecule has 0 aromatic heterocycles. The van der Waals surface area contributed by atoms with Gasteiger partial charge in [0.15, 0.2) is 0 Å². The summed E-state index contributed by atoms with van der Waals surface area (Å²) >= 11 is 0. The van der Waals surface area contributed by atoms with Gasteiger partial charge >= 0.3 is 12.0 Å². The molecule has 0 aliphatic carbocycles. The van der Waals surface area contributed by atoms with E-state index >= 15 is 0 Å². The summed E-state index contributed by atoms with van der Waals surface area (Å²) in [4.78, 5) is 36.0. The van der Waals surface area contributed by atoms with Crippen molar-refractivity contribution in [3.63, 3.8) is 0 Å². The first-order chi connectivity index (χ1) is 9.13. The molecule has 1 aromatic carbocycles. The van der Waals surface area contributed by atoms with Crippen molar-refractivity contribution in [3.8, 4) is 0 Å². The lowest BCUT2D eigenvalue weighted by Gasteiger charge is -2.10. The third-order valence-corrected chi connectivity index (χ3v) is 2.44. The predicted octanol–water partition coefficient (Wildman–Crippen LogP) is 1.19. The van der Waals surface area contributed by atoms with E-state index in [2.05, 4.69) is 5.32 Å². The lowest BCUT2D eigenvalue weighted by molar-refractivity contribution is -0.137. The molecule has 0 bridgehead atoms.